The van der Waals surface area contributed by atoms with Gasteiger partial charge in [0.15, 0.2) is 0 Å². The van der Waals surface area contributed by atoms with E-state index in [9.17, 15) is 14.4 Å². The zero-order valence-electron chi connectivity index (χ0n) is 18.5. The molecule has 1 N–H and O–H groups in total. The Bertz CT molecular complexity index is 1060. The van der Waals surface area contributed by atoms with Crippen LogP contribution in [0.2, 0.25) is 0 Å². The van der Waals surface area contributed by atoms with Crippen LogP contribution in [0.15, 0.2) is 42.5 Å². The van der Waals surface area contributed by atoms with Crippen molar-refractivity contribution < 1.29 is 14.4 Å². The minimum Gasteiger partial charge on any atom is -0.322 e. The quantitative estimate of drug-likeness (QED) is 0.755. The monoisotopic (exact) mass is 431 g/mol. The molecule has 3 heterocycles. The van der Waals surface area contributed by atoms with Gasteiger partial charge >= 0.3 is 0 Å². The van der Waals surface area contributed by atoms with E-state index in [-0.39, 0.29) is 24.1 Å². The van der Waals surface area contributed by atoms with Crippen LogP contribution in [0, 0.1) is 6.92 Å². The first-order valence-corrected chi connectivity index (χ1v) is 11.5. The van der Waals surface area contributed by atoms with E-state index in [2.05, 4.69) is 53.5 Å². The van der Waals surface area contributed by atoms with Crippen molar-refractivity contribution in [3.8, 4) is 0 Å². The summed E-state index contributed by atoms with van der Waals surface area (Å²) < 4.78 is 0. The molecular weight excluding hydrogens is 402 g/mol. The number of hydrogen-bond donors (Lipinski definition) is 1. The molecule has 5 rings (SSSR count). The molecule has 0 bridgehead atoms. The lowest BCUT2D eigenvalue weighted by Crippen LogP contribution is -2.52. The van der Waals surface area contributed by atoms with Crippen LogP contribution in [0.5, 0.6) is 0 Å². The SMILES string of the molecule is Cc1c(C2CCN(Cc3ccccc3)CC2)ccc2c1CN(C1CCC(=O)NC1=O)C2=O. The Kier molecular flexibility index (Phi) is 5.55. The molecule has 166 valence electrons. The van der Waals surface area contributed by atoms with Crippen molar-refractivity contribution in [1.29, 1.82) is 0 Å². The molecule has 0 aliphatic carbocycles. The third kappa shape index (κ3) is 3.84. The Morgan fingerprint density at radius 2 is 1.72 bits per heavy atom. The van der Waals surface area contributed by atoms with E-state index < -0.39 is 6.04 Å². The highest BCUT2D eigenvalue weighted by atomic mass is 16.2. The largest absolute Gasteiger partial charge is 0.322 e. The van der Waals surface area contributed by atoms with Crippen LogP contribution in [0.1, 0.15) is 64.2 Å². The van der Waals surface area contributed by atoms with Crippen LogP contribution in [-0.4, -0.2) is 46.7 Å². The van der Waals surface area contributed by atoms with Gasteiger partial charge in [0.05, 0.1) is 0 Å². The predicted molar refractivity (Wildman–Crippen MR) is 121 cm³/mol. The fourth-order valence-corrected chi connectivity index (χ4v) is 5.49. The third-order valence-corrected chi connectivity index (χ3v) is 7.32. The second-order valence-electron chi connectivity index (χ2n) is 9.24. The minimum atomic E-state index is -0.559. The van der Waals surface area contributed by atoms with Crippen LogP contribution in [0.3, 0.4) is 0 Å². The summed E-state index contributed by atoms with van der Waals surface area (Å²) in [5, 5.41) is 2.38. The predicted octanol–water partition coefficient (Wildman–Crippen LogP) is 3.14. The van der Waals surface area contributed by atoms with Gasteiger partial charge in [-0.25, -0.2) is 0 Å². The second-order valence-corrected chi connectivity index (χ2v) is 9.24. The average Bonchev–Trinajstić information content (AvgIpc) is 3.13. The number of fused-ring (bicyclic) bond motifs is 1. The number of amides is 3. The first-order chi connectivity index (χ1) is 15.5. The number of piperidine rings is 2. The molecule has 1 atom stereocenters. The number of nitrogens with one attached hydrogen (secondary N) is 1. The second kappa shape index (κ2) is 8.51. The molecule has 32 heavy (non-hydrogen) atoms. The molecule has 0 spiro atoms. The number of nitrogens with zero attached hydrogens (tertiary/aromatic N) is 2. The third-order valence-electron chi connectivity index (χ3n) is 7.32. The lowest BCUT2D eigenvalue weighted by Gasteiger charge is -2.33. The van der Waals surface area contributed by atoms with E-state index >= 15 is 0 Å². The van der Waals surface area contributed by atoms with Gasteiger partial charge in [-0.1, -0.05) is 36.4 Å². The van der Waals surface area contributed by atoms with Crippen LogP contribution in [0.25, 0.3) is 0 Å². The highest BCUT2D eigenvalue weighted by Gasteiger charge is 2.40. The maximum absolute atomic E-state index is 13.0. The van der Waals surface area contributed by atoms with E-state index in [1.54, 1.807) is 4.90 Å². The molecular formula is C26H29N3O3. The Morgan fingerprint density at radius 3 is 2.44 bits per heavy atom. The molecule has 2 fully saturated rings. The zero-order chi connectivity index (χ0) is 22.2. The summed E-state index contributed by atoms with van der Waals surface area (Å²) >= 11 is 0. The molecule has 2 aromatic rings. The topological polar surface area (TPSA) is 69.7 Å². The molecule has 0 saturated carbocycles. The fraction of sp³-hybridized carbons (Fsp3) is 0.423. The normalized spacial score (nSPS) is 22.2. The summed E-state index contributed by atoms with van der Waals surface area (Å²) in [5.74, 6) is -0.215. The lowest BCUT2D eigenvalue weighted by molar-refractivity contribution is -0.136. The maximum Gasteiger partial charge on any atom is 0.255 e. The number of rotatable bonds is 4. The van der Waals surface area contributed by atoms with E-state index in [0.717, 1.165) is 38.0 Å². The summed E-state index contributed by atoms with van der Waals surface area (Å²) in [7, 11) is 0. The molecule has 3 amide bonds. The van der Waals surface area contributed by atoms with Gasteiger partial charge in [0.25, 0.3) is 5.91 Å². The van der Waals surface area contributed by atoms with Gasteiger partial charge in [0, 0.05) is 25.1 Å². The van der Waals surface area contributed by atoms with Gasteiger partial charge < -0.3 is 4.90 Å². The number of imide groups is 1. The molecule has 0 radical (unpaired) electrons. The molecule has 0 aromatic heterocycles. The van der Waals surface area contributed by atoms with E-state index in [1.807, 2.05) is 6.07 Å². The van der Waals surface area contributed by atoms with Crippen LogP contribution in [0.4, 0.5) is 0 Å². The van der Waals surface area contributed by atoms with Gasteiger partial charge in [-0.2, -0.15) is 0 Å². The van der Waals surface area contributed by atoms with Crippen molar-refractivity contribution in [2.75, 3.05) is 13.1 Å². The molecule has 3 aliphatic heterocycles. The van der Waals surface area contributed by atoms with Crippen LogP contribution in [-0.2, 0) is 22.7 Å². The van der Waals surface area contributed by atoms with Crippen LogP contribution >= 0.6 is 0 Å². The minimum absolute atomic E-state index is 0.0955. The van der Waals surface area contributed by atoms with Crippen molar-refractivity contribution in [1.82, 2.24) is 15.1 Å². The average molecular weight is 432 g/mol. The van der Waals surface area contributed by atoms with Gasteiger partial charge in [-0.05, 0) is 73.5 Å². The Hall–Kier alpha value is -2.99. The van der Waals surface area contributed by atoms with E-state index in [4.69, 9.17) is 0 Å². The first kappa shape index (κ1) is 20.9. The number of likely N-dealkylation sites (tertiary alicyclic amines) is 1. The van der Waals surface area contributed by atoms with Crippen LogP contribution < -0.4 is 5.32 Å². The van der Waals surface area contributed by atoms with Crippen molar-refractivity contribution in [2.45, 2.75) is 57.7 Å². The summed E-state index contributed by atoms with van der Waals surface area (Å²) in [6, 6.07) is 14.1. The molecule has 6 nitrogen and oxygen atoms in total. The van der Waals surface area contributed by atoms with Crippen molar-refractivity contribution in [3.63, 3.8) is 0 Å². The summed E-state index contributed by atoms with van der Waals surface area (Å²) in [4.78, 5) is 41.0. The smallest absolute Gasteiger partial charge is 0.255 e. The summed E-state index contributed by atoms with van der Waals surface area (Å²) in [5.41, 5.74) is 5.63. The molecule has 2 saturated heterocycles. The van der Waals surface area contributed by atoms with Gasteiger partial charge in [-0.15, -0.1) is 0 Å². The standard InChI is InChI=1S/C26H29N3O3/c1-17-20(19-11-13-28(14-12-19)15-18-5-3-2-4-6-18)7-8-21-22(17)16-29(26(21)32)23-9-10-24(30)27-25(23)31/h2-8,19,23H,9-16H2,1H3,(H,27,30,31). The van der Waals surface area contributed by atoms with E-state index in [0.29, 0.717) is 24.4 Å². The Morgan fingerprint density at radius 1 is 0.969 bits per heavy atom. The van der Waals surface area contributed by atoms with Gasteiger partial charge in [0.1, 0.15) is 6.04 Å². The zero-order valence-corrected chi connectivity index (χ0v) is 18.5. The van der Waals surface area contributed by atoms with Crippen molar-refractivity contribution in [3.05, 3.63) is 70.3 Å². The van der Waals surface area contributed by atoms with E-state index in [1.165, 1.54) is 16.7 Å². The Labute approximate surface area is 188 Å². The highest BCUT2D eigenvalue weighted by molar-refractivity contribution is 6.05. The number of carbonyl (C=O) groups is 3. The lowest BCUT2D eigenvalue weighted by atomic mass is 9.84. The molecule has 6 heteroatoms. The van der Waals surface area contributed by atoms with Crippen molar-refractivity contribution in [2.24, 2.45) is 0 Å². The van der Waals surface area contributed by atoms with Gasteiger partial charge in [-0.3, -0.25) is 24.6 Å². The van der Waals surface area contributed by atoms with Crippen molar-refractivity contribution >= 4 is 17.7 Å². The Balaban J connectivity index is 1.28. The maximum atomic E-state index is 13.0. The number of hydrogen-bond acceptors (Lipinski definition) is 4. The van der Waals surface area contributed by atoms with Gasteiger partial charge in [0.2, 0.25) is 11.8 Å². The first-order valence-electron chi connectivity index (χ1n) is 11.5. The highest BCUT2D eigenvalue weighted by Crippen LogP contribution is 2.37. The fourth-order valence-electron chi connectivity index (χ4n) is 5.49. The number of benzene rings is 2. The number of carbonyl (C=O) groups excluding carboxylic acids is 3. The molecule has 2 aromatic carbocycles. The summed E-state index contributed by atoms with van der Waals surface area (Å²) in [6.07, 6.45) is 2.90. The molecule has 3 aliphatic rings. The summed E-state index contributed by atoms with van der Waals surface area (Å²) in [6.45, 7) is 5.69. The molecule has 1 unspecified atom stereocenters.